The number of rotatable bonds is 5. The van der Waals surface area contributed by atoms with Crippen molar-refractivity contribution in [3.8, 4) is 0 Å². The van der Waals surface area contributed by atoms with Gasteiger partial charge in [0.25, 0.3) is 0 Å². The third-order valence-corrected chi connectivity index (χ3v) is 14.3. The molecule has 1 aliphatic rings. The molecule has 0 nitrogen and oxygen atoms in total. The summed E-state index contributed by atoms with van der Waals surface area (Å²) in [6.07, 6.45) is 4.25. The fraction of sp³-hybridized carbons (Fsp3) is 0.613. The van der Waals surface area contributed by atoms with Gasteiger partial charge in [-0.3, -0.25) is 0 Å². The van der Waals surface area contributed by atoms with Crippen molar-refractivity contribution in [2.24, 2.45) is 5.92 Å². The smallest absolute Gasteiger partial charge is 0.0123 e. The summed E-state index contributed by atoms with van der Waals surface area (Å²) < 4.78 is 0. The van der Waals surface area contributed by atoms with E-state index >= 15 is 0 Å². The molecular weight excluding hydrogens is 434 g/mol. The maximum Gasteiger partial charge on any atom is -0.0123 e. The second-order valence-electron chi connectivity index (χ2n) is 12.7. The Morgan fingerprint density at radius 2 is 1.06 bits per heavy atom. The van der Waals surface area contributed by atoms with Gasteiger partial charge in [0.2, 0.25) is 0 Å². The first-order valence-corrected chi connectivity index (χ1v) is 15.8. The second-order valence-corrected chi connectivity index (χ2v) is 19.4. The zero-order valence-corrected chi connectivity index (χ0v) is 25.0. The van der Waals surface area contributed by atoms with Gasteiger partial charge < -0.3 is 0 Å². The Hall–Kier alpha value is -0.700. The highest BCUT2D eigenvalue weighted by atomic mass is 31.1. The Morgan fingerprint density at radius 1 is 0.667 bits per heavy atom. The lowest BCUT2D eigenvalue weighted by Crippen LogP contribution is -2.37. The number of benzene rings is 2. The minimum Gasteiger partial charge on any atom is -0.0921 e. The van der Waals surface area contributed by atoms with Crippen LogP contribution in [0.2, 0.25) is 0 Å². The third kappa shape index (κ3) is 6.30. The molecule has 3 atom stereocenters. The molecule has 1 aliphatic carbocycles. The Balaban J connectivity index is 2.11. The molecule has 0 spiro atoms. The fourth-order valence-corrected chi connectivity index (χ4v) is 15.6. The Kier molecular flexibility index (Phi) is 8.24. The third-order valence-electron chi connectivity index (χ3n) is 7.30. The molecule has 182 valence electrons. The minimum absolute atomic E-state index is 0.0927. The van der Waals surface area contributed by atoms with Gasteiger partial charge in [-0.05, 0) is 86.6 Å². The van der Waals surface area contributed by atoms with Crippen molar-refractivity contribution in [1.29, 1.82) is 0 Å². The van der Waals surface area contributed by atoms with E-state index in [1.54, 1.807) is 10.6 Å². The SMILES string of the molecule is Cc1cc(C)cc(P(c2cc(C)cc(C)c2)C(C)C2CCCC2P(C(C)(C)C)C(C)(C)C)c1. The normalized spacial score (nSPS) is 20.6. The van der Waals surface area contributed by atoms with Gasteiger partial charge in [0.05, 0.1) is 0 Å². The van der Waals surface area contributed by atoms with Gasteiger partial charge in [-0.25, -0.2) is 0 Å². The Labute approximate surface area is 207 Å². The van der Waals surface area contributed by atoms with E-state index in [0.717, 1.165) is 11.6 Å². The van der Waals surface area contributed by atoms with Crippen LogP contribution in [0.3, 0.4) is 0 Å². The first-order valence-electron chi connectivity index (χ1n) is 12.9. The summed E-state index contributed by atoms with van der Waals surface area (Å²) in [4.78, 5) is 0. The molecule has 3 rings (SSSR count). The molecule has 2 heteroatoms. The first kappa shape index (κ1) is 26.9. The summed E-state index contributed by atoms with van der Waals surface area (Å²) in [7, 11) is -0.493. The molecule has 2 aromatic carbocycles. The average molecular weight is 483 g/mol. The van der Waals surface area contributed by atoms with E-state index in [9.17, 15) is 0 Å². The second kappa shape index (κ2) is 10.1. The van der Waals surface area contributed by atoms with E-state index in [4.69, 9.17) is 0 Å². The summed E-state index contributed by atoms with van der Waals surface area (Å²) in [5.41, 5.74) is 7.20. The van der Waals surface area contributed by atoms with E-state index in [2.05, 4.69) is 113 Å². The molecule has 1 fully saturated rings. The topological polar surface area (TPSA) is 0 Å². The molecule has 0 amide bonds. The van der Waals surface area contributed by atoms with E-state index in [0.29, 0.717) is 16.0 Å². The Bertz CT molecular complexity index is 854. The van der Waals surface area contributed by atoms with E-state index < -0.39 is 7.92 Å². The van der Waals surface area contributed by atoms with Gasteiger partial charge in [-0.2, -0.15) is 0 Å². The summed E-state index contributed by atoms with van der Waals surface area (Å²) in [6.45, 7) is 26.8. The molecule has 0 bridgehead atoms. The monoisotopic (exact) mass is 482 g/mol. The predicted octanol–water partition coefficient (Wildman–Crippen LogP) is 8.99. The van der Waals surface area contributed by atoms with Crippen LogP contribution in [0.5, 0.6) is 0 Å². The molecule has 1 saturated carbocycles. The fourth-order valence-electron chi connectivity index (χ4n) is 6.84. The van der Waals surface area contributed by atoms with Gasteiger partial charge in [-0.1, -0.05) is 121 Å². The van der Waals surface area contributed by atoms with Crippen molar-refractivity contribution in [3.63, 3.8) is 0 Å². The van der Waals surface area contributed by atoms with Crippen molar-refractivity contribution in [2.75, 3.05) is 0 Å². The van der Waals surface area contributed by atoms with Gasteiger partial charge in [0.1, 0.15) is 0 Å². The van der Waals surface area contributed by atoms with Gasteiger partial charge in [-0.15, -0.1) is 0 Å². The maximum absolute atomic E-state index is 2.61. The summed E-state index contributed by atoms with van der Waals surface area (Å²) in [6, 6.07) is 14.6. The van der Waals surface area contributed by atoms with Crippen molar-refractivity contribution in [1.82, 2.24) is 0 Å². The highest BCUT2D eigenvalue weighted by Crippen LogP contribution is 2.68. The molecule has 0 heterocycles. The van der Waals surface area contributed by atoms with Crippen LogP contribution in [0.25, 0.3) is 0 Å². The molecule has 2 aromatic rings. The van der Waals surface area contributed by atoms with Gasteiger partial charge in [0, 0.05) is 0 Å². The van der Waals surface area contributed by atoms with Crippen LogP contribution >= 0.6 is 15.8 Å². The van der Waals surface area contributed by atoms with Crippen LogP contribution in [0.15, 0.2) is 36.4 Å². The highest BCUT2D eigenvalue weighted by Gasteiger charge is 2.47. The van der Waals surface area contributed by atoms with Crippen LogP contribution in [-0.2, 0) is 0 Å². The standard InChI is InChI=1S/C31H48P2/c1-21-15-22(2)18-26(17-21)32(27-19-23(3)16-24(4)20-27)25(5)28-13-12-14-29(28)33(30(6,7)8)31(9,10)11/h15-20,25,28-29H,12-14H2,1-11H3. The maximum atomic E-state index is 2.61. The number of aryl methyl sites for hydroxylation is 4. The first-order chi connectivity index (χ1) is 15.2. The van der Waals surface area contributed by atoms with Crippen molar-refractivity contribution < 1.29 is 0 Å². The molecule has 0 N–H and O–H groups in total. The number of hydrogen-bond donors (Lipinski definition) is 0. The lowest BCUT2D eigenvalue weighted by Gasteiger charge is -2.49. The van der Waals surface area contributed by atoms with Crippen molar-refractivity contribution in [2.45, 2.75) is 117 Å². The van der Waals surface area contributed by atoms with E-state index in [1.165, 1.54) is 41.5 Å². The van der Waals surface area contributed by atoms with Gasteiger partial charge >= 0.3 is 0 Å². The molecular formula is C31H48P2. The molecule has 0 aliphatic heterocycles. The minimum atomic E-state index is -0.401. The van der Waals surface area contributed by atoms with Crippen LogP contribution in [0, 0.1) is 33.6 Å². The predicted molar refractivity (Wildman–Crippen MR) is 155 cm³/mol. The lowest BCUT2D eigenvalue weighted by atomic mass is 10.0. The Morgan fingerprint density at radius 3 is 1.42 bits per heavy atom. The quantitative estimate of drug-likeness (QED) is 0.373. The average Bonchev–Trinajstić information content (AvgIpc) is 3.06. The van der Waals surface area contributed by atoms with Crippen molar-refractivity contribution in [3.05, 3.63) is 58.7 Å². The largest absolute Gasteiger partial charge is 0.0921 e. The zero-order chi connectivity index (χ0) is 24.7. The molecule has 0 radical (unpaired) electrons. The summed E-state index contributed by atoms with van der Waals surface area (Å²) in [5, 5.41) is 3.95. The molecule has 33 heavy (non-hydrogen) atoms. The summed E-state index contributed by atoms with van der Waals surface area (Å²) in [5.74, 6) is 0.822. The molecule has 3 unspecified atom stereocenters. The van der Waals surface area contributed by atoms with Crippen LogP contribution in [0.1, 0.15) is 90.0 Å². The zero-order valence-electron chi connectivity index (χ0n) is 23.2. The van der Waals surface area contributed by atoms with Crippen LogP contribution < -0.4 is 10.6 Å². The van der Waals surface area contributed by atoms with Gasteiger partial charge in [0.15, 0.2) is 0 Å². The molecule has 0 aromatic heterocycles. The lowest BCUT2D eigenvalue weighted by molar-refractivity contribution is 0.531. The highest BCUT2D eigenvalue weighted by molar-refractivity contribution is 7.73. The van der Waals surface area contributed by atoms with E-state index in [1.807, 2.05) is 0 Å². The van der Waals surface area contributed by atoms with Crippen molar-refractivity contribution >= 4 is 26.5 Å². The van der Waals surface area contributed by atoms with Crippen LogP contribution in [-0.4, -0.2) is 21.6 Å². The summed E-state index contributed by atoms with van der Waals surface area (Å²) >= 11 is 0. The van der Waals surface area contributed by atoms with Crippen LogP contribution in [0.4, 0.5) is 0 Å². The molecule has 0 saturated heterocycles. The number of hydrogen-bond acceptors (Lipinski definition) is 0. The van der Waals surface area contributed by atoms with E-state index in [-0.39, 0.29) is 7.92 Å².